The number of imidazole rings is 1. The maximum atomic E-state index is 11.4. The van der Waals surface area contributed by atoms with E-state index in [9.17, 15) is 4.79 Å². The Hall–Kier alpha value is -1.36. The van der Waals surface area contributed by atoms with Crippen molar-refractivity contribution in [1.29, 1.82) is 0 Å². The van der Waals surface area contributed by atoms with Crippen molar-refractivity contribution in [2.75, 3.05) is 13.2 Å². The zero-order valence-electron chi connectivity index (χ0n) is 10.0. The summed E-state index contributed by atoms with van der Waals surface area (Å²) >= 11 is 0. The lowest BCUT2D eigenvalue weighted by Crippen LogP contribution is -2.30. The van der Waals surface area contributed by atoms with Crippen molar-refractivity contribution in [3.05, 3.63) is 17.7 Å². The minimum atomic E-state index is -0.119. The highest BCUT2D eigenvalue weighted by atomic mass is 16.5. The molecule has 0 aliphatic heterocycles. The van der Waals surface area contributed by atoms with Gasteiger partial charge in [0.05, 0.1) is 6.04 Å². The monoisotopic (exact) mass is 225 g/mol. The Morgan fingerprint density at radius 2 is 2.44 bits per heavy atom. The Balaban J connectivity index is 2.33. The number of aromatic nitrogens is 2. The van der Waals surface area contributed by atoms with E-state index in [-0.39, 0.29) is 18.6 Å². The molecule has 1 amide bonds. The van der Waals surface area contributed by atoms with Crippen molar-refractivity contribution in [3.8, 4) is 0 Å². The molecule has 0 aromatic carbocycles. The molecule has 1 aromatic heterocycles. The molecule has 0 saturated carbocycles. The molecule has 2 N–H and O–H groups in total. The van der Waals surface area contributed by atoms with Crippen LogP contribution >= 0.6 is 0 Å². The summed E-state index contributed by atoms with van der Waals surface area (Å²) in [5.74, 6) is 0.649. The summed E-state index contributed by atoms with van der Waals surface area (Å²) in [5.41, 5.74) is 0.985. The lowest BCUT2D eigenvalue weighted by atomic mass is 10.3. The Kier molecular flexibility index (Phi) is 4.98. The van der Waals surface area contributed by atoms with E-state index in [2.05, 4.69) is 15.3 Å². The van der Waals surface area contributed by atoms with Crippen molar-refractivity contribution in [3.63, 3.8) is 0 Å². The lowest BCUT2D eigenvalue weighted by Gasteiger charge is -2.11. The van der Waals surface area contributed by atoms with Crippen LogP contribution in [0.15, 0.2) is 6.20 Å². The van der Waals surface area contributed by atoms with Crippen LogP contribution in [-0.4, -0.2) is 29.1 Å². The Bertz CT molecular complexity index is 336. The number of hydrogen-bond acceptors (Lipinski definition) is 3. The van der Waals surface area contributed by atoms with Gasteiger partial charge < -0.3 is 15.0 Å². The fourth-order valence-electron chi connectivity index (χ4n) is 1.31. The summed E-state index contributed by atoms with van der Waals surface area (Å²) in [7, 11) is 0. The first kappa shape index (κ1) is 12.7. The van der Waals surface area contributed by atoms with Crippen LogP contribution in [0.25, 0.3) is 0 Å². The number of ether oxygens (including phenoxy) is 1. The molecule has 1 rings (SSSR count). The molecule has 0 aliphatic carbocycles. The molecule has 0 fully saturated rings. The predicted molar refractivity (Wildman–Crippen MR) is 61.0 cm³/mol. The third-order valence-electron chi connectivity index (χ3n) is 2.09. The predicted octanol–water partition coefficient (Wildman–Crippen LogP) is 1.32. The number of amides is 1. The summed E-state index contributed by atoms with van der Waals surface area (Å²) in [6, 6.07) is -0.119. The van der Waals surface area contributed by atoms with Crippen LogP contribution in [0, 0.1) is 6.92 Å². The summed E-state index contributed by atoms with van der Waals surface area (Å²) in [6.45, 7) is 6.54. The molecule has 0 saturated heterocycles. The molecule has 16 heavy (non-hydrogen) atoms. The van der Waals surface area contributed by atoms with Crippen molar-refractivity contribution < 1.29 is 9.53 Å². The van der Waals surface area contributed by atoms with Gasteiger partial charge in [0.1, 0.15) is 12.4 Å². The lowest BCUT2D eigenvalue weighted by molar-refractivity contribution is -0.126. The van der Waals surface area contributed by atoms with Crippen LogP contribution in [0.4, 0.5) is 0 Å². The van der Waals surface area contributed by atoms with E-state index in [1.807, 2.05) is 20.8 Å². The van der Waals surface area contributed by atoms with E-state index < -0.39 is 0 Å². The highest BCUT2D eigenvalue weighted by molar-refractivity contribution is 5.77. The number of aromatic amines is 1. The van der Waals surface area contributed by atoms with Crippen LogP contribution < -0.4 is 5.32 Å². The summed E-state index contributed by atoms with van der Waals surface area (Å²) in [5, 5.41) is 2.81. The van der Waals surface area contributed by atoms with Crippen LogP contribution in [0.1, 0.15) is 37.8 Å². The molecule has 5 heteroatoms. The van der Waals surface area contributed by atoms with Gasteiger partial charge in [-0.1, -0.05) is 6.92 Å². The molecule has 1 heterocycles. The maximum Gasteiger partial charge on any atom is 0.246 e. The highest BCUT2D eigenvalue weighted by Gasteiger charge is 2.11. The topological polar surface area (TPSA) is 67.0 Å². The zero-order chi connectivity index (χ0) is 12.0. The van der Waals surface area contributed by atoms with E-state index in [0.717, 1.165) is 17.9 Å². The van der Waals surface area contributed by atoms with Crippen LogP contribution in [0.2, 0.25) is 0 Å². The molecule has 0 spiro atoms. The largest absolute Gasteiger partial charge is 0.372 e. The molecule has 0 radical (unpaired) electrons. The number of carbonyl (C=O) groups excluding carboxylic acids is 1. The van der Waals surface area contributed by atoms with Crippen molar-refractivity contribution in [1.82, 2.24) is 15.3 Å². The normalized spacial score (nSPS) is 12.4. The molecule has 0 bridgehead atoms. The Labute approximate surface area is 95.6 Å². The van der Waals surface area contributed by atoms with E-state index in [1.165, 1.54) is 0 Å². The van der Waals surface area contributed by atoms with Gasteiger partial charge in [0.25, 0.3) is 0 Å². The molecule has 5 nitrogen and oxygen atoms in total. The van der Waals surface area contributed by atoms with E-state index in [4.69, 9.17) is 4.74 Å². The van der Waals surface area contributed by atoms with Crippen LogP contribution in [-0.2, 0) is 9.53 Å². The van der Waals surface area contributed by atoms with Crippen molar-refractivity contribution in [2.24, 2.45) is 0 Å². The summed E-state index contributed by atoms with van der Waals surface area (Å²) < 4.78 is 5.14. The van der Waals surface area contributed by atoms with Gasteiger partial charge in [0.2, 0.25) is 5.91 Å². The quantitative estimate of drug-likeness (QED) is 0.717. The summed E-state index contributed by atoms with van der Waals surface area (Å²) in [4.78, 5) is 18.7. The first-order valence-electron chi connectivity index (χ1n) is 5.52. The standard InChI is InChI=1S/C11H19N3O2/c1-4-5-16-7-10(15)14-9(3)11-12-6-8(2)13-11/h6,9H,4-5,7H2,1-3H3,(H,12,13)(H,14,15). The Morgan fingerprint density at radius 1 is 1.69 bits per heavy atom. The van der Waals surface area contributed by atoms with Gasteiger partial charge in [0.15, 0.2) is 0 Å². The maximum absolute atomic E-state index is 11.4. The average Bonchev–Trinajstić information content (AvgIpc) is 2.65. The van der Waals surface area contributed by atoms with Crippen molar-refractivity contribution in [2.45, 2.75) is 33.2 Å². The molecule has 1 unspecified atom stereocenters. The van der Waals surface area contributed by atoms with Gasteiger partial charge in [-0.25, -0.2) is 4.98 Å². The second kappa shape index (κ2) is 6.27. The minimum Gasteiger partial charge on any atom is -0.372 e. The van der Waals surface area contributed by atoms with Gasteiger partial charge in [-0.2, -0.15) is 0 Å². The fourth-order valence-corrected chi connectivity index (χ4v) is 1.31. The molecule has 90 valence electrons. The number of carbonyl (C=O) groups is 1. The van der Waals surface area contributed by atoms with Gasteiger partial charge in [-0.15, -0.1) is 0 Å². The number of hydrogen-bond donors (Lipinski definition) is 2. The van der Waals surface area contributed by atoms with E-state index >= 15 is 0 Å². The van der Waals surface area contributed by atoms with Crippen LogP contribution in [0.3, 0.4) is 0 Å². The number of rotatable bonds is 6. The zero-order valence-corrected chi connectivity index (χ0v) is 10.0. The van der Waals surface area contributed by atoms with Crippen LogP contribution in [0.5, 0.6) is 0 Å². The smallest absolute Gasteiger partial charge is 0.246 e. The summed E-state index contributed by atoms with van der Waals surface area (Å²) in [6.07, 6.45) is 2.66. The number of nitrogens with zero attached hydrogens (tertiary/aromatic N) is 1. The van der Waals surface area contributed by atoms with Crippen molar-refractivity contribution >= 4 is 5.91 Å². The average molecular weight is 225 g/mol. The third-order valence-corrected chi connectivity index (χ3v) is 2.09. The molecular weight excluding hydrogens is 206 g/mol. The van der Waals surface area contributed by atoms with Gasteiger partial charge in [0, 0.05) is 18.5 Å². The first-order valence-corrected chi connectivity index (χ1v) is 5.52. The molecule has 1 atom stereocenters. The number of aryl methyl sites for hydroxylation is 1. The highest BCUT2D eigenvalue weighted by Crippen LogP contribution is 2.06. The van der Waals surface area contributed by atoms with E-state index in [1.54, 1.807) is 6.20 Å². The fraction of sp³-hybridized carbons (Fsp3) is 0.636. The molecular formula is C11H19N3O2. The SMILES string of the molecule is CCCOCC(=O)NC(C)c1ncc(C)[nH]1. The van der Waals surface area contributed by atoms with E-state index in [0.29, 0.717) is 6.61 Å². The second-order valence-corrected chi connectivity index (χ2v) is 3.79. The number of H-pyrrole nitrogens is 1. The first-order chi connectivity index (χ1) is 7.63. The minimum absolute atomic E-state index is 0.109. The molecule has 0 aliphatic rings. The number of nitrogens with one attached hydrogen (secondary N) is 2. The Morgan fingerprint density at radius 3 is 3.00 bits per heavy atom. The van der Waals surface area contributed by atoms with Gasteiger partial charge >= 0.3 is 0 Å². The van der Waals surface area contributed by atoms with Gasteiger partial charge in [-0.05, 0) is 20.3 Å². The third kappa shape index (κ3) is 4.02. The van der Waals surface area contributed by atoms with Gasteiger partial charge in [-0.3, -0.25) is 4.79 Å². The molecule has 1 aromatic rings. The second-order valence-electron chi connectivity index (χ2n) is 3.79.